The summed E-state index contributed by atoms with van der Waals surface area (Å²) in [6.45, 7) is 4.98. The quantitative estimate of drug-likeness (QED) is 0.785. The van der Waals surface area contributed by atoms with Crippen molar-refractivity contribution < 1.29 is 14.6 Å². The van der Waals surface area contributed by atoms with E-state index in [9.17, 15) is 9.90 Å². The first-order valence-corrected chi connectivity index (χ1v) is 7.34. The lowest BCUT2D eigenvalue weighted by Crippen LogP contribution is -2.37. The normalized spacial score (nSPS) is 16.5. The third-order valence-electron chi connectivity index (χ3n) is 3.45. The Labute approximate surface area is 124 Å². The molecule has 1 aromatic rings. The molecule has 0 radical (unpaired) electrons. The summed E-state index contributed by atoms with van der Waals surface area (Å²) >= 11 is 0. The molecule has 1 saturated heterocycles. The van der Waals surface area contributed by atoms with Gasteiger partial charge in [-0.1, -0.05) is 19.8 Å². The smallest absolute Gasteiger partial charge is 0.326 e. The Morgan fingerprint density at radius 1 is 1.48 bits per heavy atom. The van der Waals surface area contributed by atoms with Gasteiger partial charge in [-0.2, -0.15) is 0 Å². The average Bonchev–Trinajstić information content (AvgIpc) is 2.52. The number of nitrogens with zero attached hydrogens (tertiary/aromatic N) is 3. The Morgan fingerprint density at radius 3 is 2.90 bits per heavy atom. The van der Waals surface area contributed by atoms with Crippen molar-refractivity contribution in [3.63, 3.8) is 0 Å². The molecular weight excluding hydrogens is 272 g/mol. The zero-order chi connectivity index (χ0) is 15.1. The molecule has 0 bridgehead atoms. The molecule has 116 valence electrons. The van der Waals surface area contributed by atoms with Crippen molar-refractivity contribution in [3.05, 3.63) is 12.4 Å². The monoisotopic (exact) mass is 294 g/mol. The maximum atomic E-state index is 11.3. The molecule has 7 heteroatoms. The van der Waals surface area contributed by atoms with Gasteiger partial charge >= 0.3 is 5.97 Å². The zero-order valence-electron chi connectivity index (χ0n) is 12.3. The van der Waals surface area contributed by atoms with Crippen LogP contribution in [0.25, 0.3) is 0 Å². The Kier molecular flexibility index (Phi) is 5.74. The molecule has 0 saturated carbocycles. The first-order valence-electron chi connectivity index (χ1n) is 7.34. The predicted molar refractivity (Wildman–Crippen MR) is 79.6 cm³/mol. The first-order chi connectivity index (χ1) is 10.2. The van der Waals surface area contributed by atoms with Crippen molar-refractivity contribution in [2.24, 2.45) is 0 Å². The highest BCUT2D eigenvalue weighted by atomic mass is 16.5. The van der Waals surface area contributed by atoms with E-state index >= 15 is 0 Å². The molecule has 0 aliphatic carbocycles. The lowest BCUT2D eigenvalue weighted by molar-refractivity contribution is -0.138. The Bertz CT molecular complexity index is 463. The van der Waals surface area contributed by atoms with Crippen LogP contribution in [0.2, 0.25) is 0 Å². The Morgan fingerprint density at radius 2 is 2.24 bits per heavy atom. The number of aliphatic carboxylic acids is 1. The first kappa shape index (κ1) is 15.5. The van der Waals surface area contributed by atoms with Crippen LogP contribution in [0.5, 0.6) is 0 Å². The number of carbonyl (C=O) groups is 1. The SMILES string of the molecule is CCCC[C@H](Nc1cc(N2CCOCC2)ncn1)C(=O)O. The number of anilines is 2. The highest BCUT2D eigenvalue weighted by Crippen LogP contribution is 2.17. The Hall–Kier alpha value is -1.89. The van der Waals surface area contributed by atoms with Crippen LogP contribution in [0.15, 0.2) is 12.4 Å². The summed E-state index contributed by atoms with van der Waals surface area (Å²) in [5.74, 6) is 0.500. The molecule has 0 amide bonds. The summed E-state index contributed by atoms with van der Waals surface area (Å²) in [6.07, 6.45) is 3.88. The summed E-state index contributed by atoms with van der Waals surface area (Å²) in [7, 11) is 0. The molecule has 1 fully saturated rings. The lowest BCUT2D eigenvalue weighted by atomic mass is 10.1. The van der Waals surface area contributed by atoms with Crippen molar-refractivity contribution in [1.82, 2.24) is 9.97 Å². The number of hydrogen-bond donors (Lipinski definition) is 2. The van der Waals surface area contributed by atoms with E-state index in [0.717, 1.165) is 31.7 Å². The number of rotatable bonds is 7. The van der Waals surface area contributed by atoms with Gasteiger partial charge in [0.2, 0.25) is 0 Å². The average molecular weight is 294 g/mol. The van der Waals surface area contributed by atoms with Crippen LogP contribution in [0.4, 0.5) is 11.6 Å². The standard InChI is InChI=1S/C14H22N4O3/c1-2-3-4-11(14(19)20)17-12-9-13(16-10-15-12)18-5-7-21-8-6-18/h9-11H,2-8H2,1H3,(H,19,20)(H,15,16,17)/t11-/m0/s1. The summed E-state index contributed by atoms with van der Waals surface area (Å²) in [4.78, 5) is 21.7. The van der Waals surface area contributed by atoms with E-state index in [0.29, 0.717) is 25.5 Å². The van der Waals surface area contributed by atoms with Gasteiger partial charge < -0.3 is 20.1 Å². The molecule has 7 nitrogen and oxygen atoms in total. The fourth-order valence-electron chi connectivity index (χ4n) is 2.24. The van der Waals surface area contributed by atoms with Gasteiger partial charge in [-0.15, -0.1) is 0 Å². The summed E-state index contributed by atoms with van der Waals surface area (Å²) < 4.78 is 5.31. The molecule has 1 aliphatic rings. The van der Waals surface area contributed by atoms with E-state index in [1.54, 1.807) is 6.07 Å². The highest BCUT2D eigenvalue weighted by Gasteiger charge is 2.18. The maximum Gasteiger partial charge on any atom is 0.326 e. The van der Waals surface area contributed by atoms with Gasteiger partial charge in [0.1, 0.15) is 24.0 Å². The number of morpholine rings is 1. The number of nitrogens with one attached hydrogen (secondary N) is 1. The minimum absolute atomic E-state index is 0.551. The highest BCUT2D eigenvalue weighted by molar-refractivity contribution is 5.77. The van der Waals surface area contributed by atoms with Crippen LogP contribution in [0, 0.1) is 0 Å². The molecule has 0 unspecified atom stereocenters. The van der Waals surface area contributed by atoms with Gasteiger partial charge in [0, 0.05) is 19.2 Å². The fraction of sp³-hybridized carbons (Fsp3) is 0.643. The van der Waals surface area contributed by atoms with Gasteiger partial charge in [-0.3, -0.25) is 0 Å². The molecule has 2 N–H and O–H groups in total. The molecule has 1 aromatic heterocycles. The second-order valence-corrected chi connectivity index (χ2v) is 5.04. The third-order valence-corrected chi connectivity index (χ3v) is 3.45. The van der Waals surface area contributed by atoms with Crippen molar-refractivity contribution in [2.75, 3.05) is 36.5 Å². The molecular formula is C14H22N4O3. The van der Waals surface area contributed by atoms with E-state index in [-0.39, 0.29) is 0 Å². The predicted octanol–water partition coefficient (Wildman–Crippen LogP) is 1.37. The molecule has 1 aliphatic heterocycles. The third kappa shape index (κ3) is 4.56. The summed E-state index contributed by atoms with van der Waals surface area (Å²) in [6, 6.07) is 1.19. The topological polar surface area (TPSA) is 87.6 Å². The van der Waals surface area contributed by atoms with Crippen molar-refractivity contribution in [1.29, 1.82) is 0 Å². The van der Waals surface area contributed by atoms with Gasteiger partial charge in [0.25, 0.3) is 0 Å². The van der Waals surface area contributed by atoms with Crippen molar-refractivity contribution in [2.45, 2.75) is 32.2 Å². The van der Waals surface area contributed by atoms with Crippen LogP contribution in [0.1, 0.15) is 26.2 Å². The van der Waals surface area contributed by atoms with E-state index < -0.39 is 12.0 Å². The van der Waals surface area contributed by atoms with Gasteiger partial charge in [-0.05, 0) is 6.42 Å². The molecule has 2 heterocycles. The fourth-order valence-corrected chi connectivity index (χ4v) is 2.24. The van der Waals surface area contributed by atoms with Gasteiger partial charge in [-0.25, -0.2) is 14.8 Å². The molecule has 0 spiro atoms. The van der Waals surface area contributed by atoms with Crippen LogP contribution in [0.3, 0.4) is 0 Å². The minimum atomic E-state index is -0.852. The van der Waals surface area contributed by atoms with E-state index in [1.165, 1.54) is 6.33 Å². The number of unbranched alkanes of at least 4 members (excludes halogenated alkanes) is 1. The molecule has 1 atom stereocenters. The maximum absolute atomic E-state index is 11.3. The molecule has 0 aromatic carbocycles. The van der Waals surface area contributed by atoms with Crippen LogP contribution < -0.4 is 10.2 Å². The van der Waals surface area contributed by atoms with Crippen LogP contribution in [-0.4, -0.2) is 53.4 Å². The van der Waals surface area contributed by atoms with Crippen LogP contribution >= 0.6 is 0 Å². The van der Waals surface area contributed by atoms with Gasteiger partial charge in [0.15, 0.2) is 0 Å². The van der Waals surface area contributed by atoms with E-state index in [2.05, 4.69) is 20.2 Å². The number of carboxylic acid groups (broad SMARTS) is 1. The number of hydrogen-bond acceptors (Lipinski definition) is 6. The summed E-state index contributed by atoms with van der Waals surface area (Å²) in [5.41, 5.74) is 0. The largest absolute Gasteiger partial charge is 0.480 e. The zero-order valence-corrected chi connectivity index (χ0v) is 12.3. The second kappa shape index (κ2) is 7.78. The van der Waals surface area contributed by atoms with Crippen LogP contribution in [-0.2, 0) is 9.53 Å². The van der Waals surface area contributed by atoms with E-state index in [4.69, 9.17) is 4.74 Å². The molecule has 21 heavy (non-hydrogen) atoms. The lowest BCUT2D eigenvalue weighted by Gasteiger charge is -2.28. The van der Waals surface area contributed by atoms with Crippen molar-refractivity contribution >= 4 is 17.6 Å². The molecule has 2 rings (SSSR count). The van der Waals surface area contributed by atoms with Gasteiger partial charge in [0.05, 0.1) is 13.2 Å². The Balaban J connectivity index is 2.03. The number of aromatic nitrogens is 2. The van der Waals surface area contributed by atoms with Crippen molar-refractivity contribution in [3.8, 4) is 0 Å². The second-order valence-electron chi connectivity index (χ2n) is 5.04. The number of carboxylic acids is 1. The minimum Gasteiger partial charge on any atom is -0.480 e. The summed E-state index contributed by atoms with van der Waals surface area (Å²) in [5, 5.41) is 12.2. The number of ether oxygens (including phenoxy) is 1. The van der Waals surface area contributed by atoms with E-state index in [1.807, 2.05) is 6.92 Å².